The van der Waals surface area contributed by atoms with Crippen LogP contribution in [0.15, 0.2) is 30.7 Å². The maximum absolute atomic E-state index is 13.2. The molecule has 1 unspecified atom stereocenters. The third kappa shape index (κ3) is 6.47. The molecule has 0 bridgehead atoms. The van der Waals surface area contributed by atoms with E-state index in [1.165, 1.54) is 31.5 Å². The monoisotopic (exact) mass is 497 g/mol. The van der Waals surface area contributed by atoms with E-state index in [-0.39, 0.29) is 18.1 Å². The second kappa shape index (κ2) is 9.49. The number of carbonyl (C=O) groups excluding carboxylic acids is 1. The third-order valence-electron chi connectivity index (χ3n) is 3.98. The number of rotatable bonds is 8. The fourth-order valence-electron chi connectivity index (χ4n) is 2.18. The Balaban J connectivity index is 2.05. The molecule has 0 radical (unpaired) electrons. The Morgan fingerprint density at radius 1 is 1.13 bits per heavy atom. The quantitative estimate of drug-likeness (QED) is 0.320. The van der Waals surface area contributed by atoms with Crippen molar-refractivity contribution in [1.29, 1.82) is 0 Å². The van der Waals surface area contributed by atoms with E-state index in [1.807, 2.05) is 15.9 Å². The fraction of sp³-hybridized carbons (Fsp3) is 0.412. The summed E-state index contributed by atoms with van der Waals surface area (Å²) < 4.78 is 69.9. The number of nitrogens with zero attached hydrogens (tertiary/aromatic N) is 3. The second-order valence-electron chi connectivity index (χ2n) is 6.21. The minimum atomic E-state index is -4.53. The largest absolute Gasteiger partial charge is 0.464 e. The Bertz CT molecular complexity index is 844. The van der Waals surface area contributed by atoms with Gasteiger partial charge in [0, 0.05) is 39.7 Å². The van der Waals surface area contributed by atoms with E-state index >= 15 is 0 Å². The molecule has 0 aliphatic rings. The molecule has 0 spiro atoms. The molecule has 0 aromatic carbocycles. The molecular formula is C17H17BrF5N5O2. The molecule has 0 saturated heterocycles. The zero-order valence-electron chi connectivity index (χ0n) is 15.7. The summed E-state index contributed by atoms with van der Waals surface area (Å²) in [7, 11) is 0. The van der Waals surface area contributed by atoms with E-state index in [1.54, 1.807) is 12.3 Å². The molecule has 30 heavy (non-hydrogen) atoms. The Labute approximate surface area is 176 Å². The van der Waals surface area contributed by atoms with Crippen molar-refractivity contribution >= 4 is 27.7 Å². The molecule has 2 heterocycles. The molecule has 2 aromatic rings. The molecule has 0 aliphatic carbocycles. The molecule has 13 heteroatoms. The summed E-state index contributed by atoms with van der Waals surface area (Å²) in [6.07, 6.45) is -2.54. The molecule has 2 N–H and O–H groups in total. The van der Waals surface area contributed by atoms with Crippen LogP contribution in [0.25, 0.3) is 11.3 Å². The number of pyridine rings is 1. The van der Waals surface area contributed by atoms with Crippen LogP contribution in [0.4, 0.5) is 27.8 Å². The van der Waals surface area contributed by atoms with Gasteiger partial charge in [-0.05, 0) is 12.5 Å². The van der Waals surface area contributed by atoms with Crippen LogP contribution in [0.1, 0.15) is 20.3 Å². The first-order valence-corrected chi connectivity index (χ1v) is 9.36. The zero-order valence-corrected chi connectivity index (χ0v) is 17.3. The van der Waals surface area contributed by atoms with Crippen molar-refractivity contribution < 1.29 is 31.5 Å². The van der Waals surface area contributed by atoms with Gasteiger partial charge in [-0.2, -0.15) is 22.0 Å². The van der Waals surface area contributed by atoms with Gasteiger partial charge in [0.05, 0.1) is 18.1 Å². The minimum Gasteiger partial charge on any atom is -0.464 e. The van der Waals surface area contributed by atoms with E-state index in [0.29, 0.717) is 11.3 Å². The second-order valence-corrected chi connectivity index (χ2v) is 7.21. The van der Waals surface area contributed by atoms with Crippen molar-refractivity contribution in [2.75, 3.05) is 5.43 Å². The lowest BCUT2D eigenvalue weighted by Gasteiger charge is -2.25. The summed E-state index contributed by atoms with van der Waals surface area (Å²) in [4.78, 5) is 19.1. The van der Waals surface area contributed by atoms with Crippen LogP contribution in [-0.4, -0.2) is 38.0 Å². The van der Waals surface area contributed by atoms with Crippen molar-refractivity contribution in [2.45, 2.75) is 37.4 Å². The van der Waals surface area contributed by atoms with Crippen molar-refractivity contribution in [3.8, 4) is 17.1 Å². The Morgan fingerprint density at radius 3 is 2.30 bits per heavy atom. The normalized spacial score (nSPS) is 14.0. The smallest absolute Gasteiger partial charge is 0.425 e. The van der Waals surface area contributed by atoms with Gasteiger partial charge in [-0.25, -0.2) is 9.97 Å². The highest BCUT2D eigenvalue weighted by Crippen LogP contribution is 2.31. The molecule has 164 valence electrons. The minimum absolute atomic E-state index is 0.0154. The average Bonchev–Trinajstić information content (AvgIpc) is 2.69. The number of aromatic nitrogens is 3. The number of halogens is 6. The van der Waals surface area contributed by atoms with E-state index in [2.05, 4.69) is 20.4 Å². The van der Waals surface area contributed by atoms with Crippen LogP contribution < -0.4 is 15.6 Å². The molecule has 7 nitrogen and oxygen atoms in total. The summed E-state index contributed by atoms with van der Waals surface area (Å²) in [5, 5.41) is 0. The van der Waals surface area contributed by atoms with Gasteiger partial charge in [-0.1, -0.05) is 13.8 Å². The number of hydrazine groups is 1. The lowest BCUT2D eigenvalue weighted by molar-refractivity contribution is -0.209. The van der Waals surface area contributed by atoms with Crippen LogP contribution in [0.3, 0.4) is 0 Å². The number of alkyl halides is 6. The highest BCUT2D eigenvalue weighted by Gasteiger charge is 2.45. The van der Waals surface area contributed by atoms with E-state index < -0.39 is 28.9 Å². The Hall–Kier alpha value is -2.57. The molecule has 2 atom stereocenters. The first-order valence-electron chi connectivity index (χ1n) is 8.56. The van der Waals surface area contributed by atoms with E-state index in [9.17, 15) is 26.7 Å². The predicted molar refractivity (Wildman–Crippen MR) is 101 cm³/mol. The van der Waals surface area contributed by atoms with Crippen molar-refractivity contribution in [2.24, 2.45) is 5.92 Å². The maximum Gasteiger partial charge on any atom is 0.425 e. The number of hydrogen-bond donors (Lipinski definition) is 2. The van der Waals surface area contributed by atoms with Crippen LogP contribution in [-0.2, 0) is 4.79 Å². The number of carbonyl (C=O) groups is 1. The third-order valence-corrected chi connectivity index (χ3v) is 4.34. The summed E-state index contributed by atoms with van der Waals surface area (Å²) in [5.74, 6) is -2.57. The van der Waals surface area contributed by atoms with Crippen molar-refractivity contribution in [3.05, 3.63) is 30.7 Å². The highest BCUT2D eigenvalue weighted by atomic mass is 79.9. The molecule has 0 aliphatic heterocycles. The lowest BCUT2D eigenvalue weighted by Crippen LogP contribution is -2.39. The van der Waals surface area contributed by atoms with Gasteiger partial charge in [0.25, 0.3) is 0 Å². The molecule has 0 saturated carbocycles. The molecular weight excluding hydrogens is 481 g/mol. The van der Waals surface area contributed by atoms with Gasteiger partial charge in [0.2, 0.25) is 5.88 Å². The lowest BCUT2D eigenvalue weighted by atomic mass is 10.0. The topological polar surface area (TPSA) is 89.0 Å². The van der Waals surface area contributed by atoms with Gasteiger partial charge in [0.15, 0.2) is 11.9 Å². The number of amides is 1. The standard InChI is InChI=1S/C17H17BrF5N5O2/c1-3-9(2)14(17(21,22)23)30-13-5-4-10(6-26-13)11-7-25-12(8-24-11)27-28-15(29)16(18,19)20/h4-9,14H,3H2,1-2H3,(H,25,27)(H,28,29)/t9?,14-/m1/s1. The van der Waals surface area contributed by atoms with Gasteiger partial charge < -0.3 is 4.74 Å². The van der Waals surface area contributed by atoms with E-state index in [4.69, 9.17) is 4.74 Å². The number of hydrogen-bond acceptors (Lipinski definition) is 6. The zero-order chi connectivity index (χ0) is 22.5. The maximum atomic E-state index is 13.2. The van der Waals surface area contributed by atoms with Crippen LogP contribution in [0.5, 0.6) is 5.88 Å². The SMILES string of the molecule is CCC(C)[C@@H](Oc1ccc(-c2cnc(NNC(=O)C(F)(F)Br)cn2)cn1)C(F)(F)F. The van der Waals surface area contributed by atoms with E-state index in [0.717, 1.165) is 6.20 Å². The molecule has 2 rings (SSSR count). The van der Waals surface area contributed by atoms with Crippen molar-refractivity contribution in [3.63, 3.8) is 0 Å². The molecule has 1 amide bonds. The Morgan fingerprint density at radius 2 is 1.83 bits per heavy atom. The van der Waals surface area contributed by atoms with Gasteiger partial charge in [-0.3, -0.25) is 20.6 Å². The first kappa shape index (κ1) is 23.7. The Kier molecular flexibility index (Phi) is 7.50. The fourth-order valence-corrected chi connectivity index (χ4v) is 2.28. The summed E-state index contributed by atoms with van der Waals surface area (Å²) in [6.45, 7) is 3.08. The van der Waals surface area contributed by atoms with Crippen molar-refractivity contribution in [1.82, 2.24) is 20.4 Å². The summed E-state index contributed by atoms with van der Waals surface area (Å²) >= 11 is 1.90. The van der Waals surface area contributed by atoms with Gasteiger partial charge in [-0.15, -0.1) is 0 Å². The number of nitrogens with one attached hydrogen (secondary N) is 2. The average molecular weight is 498 g/mol. The highest BCUT2D eigenvalue weighted by molar-refractivity contribution is 9.10. The van der Waals surface area contributed by atoms with Crippen LogP contribution >= 0.6 is 15.9 Å². The number of ether oxygens (including phenoxy) is 1. The molecule has 0 fully saturated rings. The summed E-state index contributed by atoms with van der Waals surface area (Å²) in [5.41, 5.74) is 4.65. The predicted octanol–water partition coefficient (Wildman–Crippen LogP) is 4.33. The van der Waals surface area contributed by atoms with Gasteiger partial charge in [0.1, 0.15) is 0 Å². The molecule has 2 aromatic heterocycles. The first-order chi connectivity index (χ1) is 13.9. The van der Waals surface area contributed by atoms with Gasteiger partial charge >= 0.3 is 16.9 Å². The van der Waals surface area contributed by atoms with Crippen LogP contribution in [0, 0.1) is 5.92 Å². The van der Waals surface area contributed by atoms with Crippen LogP contribution in [0.2, 0.25) is 0 Å². The number of anilines is 1. The summed E-state index contributed by atoms with van der Waals surface area (Å²) in [6, 6.07) is 2.74.